The van der Waals surface area contributed by atoms with Gasteiger partial charge < -0.3 is 14.6 Å². The van der Waals surface area contributed by atoms with Crippen LogP contribution in [0.25, 0.3) is 11.2 Å². The second-order valence-electron chi connectivity index (χ2n) is 4.75. The van der Waals surface area contributed by atoms with E-state index in [4.69, 9.17) is 16.3 Å². The zero-order chi connectivity index (χ0) is 15.2. The lowest BCUT2D eigenvalue weighted by Gasteiger charge is -2.08. The van der Waals surface area contributed by atoms with Crippen LogP contribution in [0.5, 0.6) is 0 Å². The van der Waals surface area contributed by atoms with Gasteiger partial charge in [0.05, 0.1) is 6.61 Å². The number of hydrogen-bond donors (Lipinski definition) is 1. The molecular formula is C14H19ClN4O2. The van der Waals surface area contributed by atoms with Gasteiger partial charge in [-0.25, -0.2) is 9.97 Å². The van der Waals surface area contributed by atoms with Gasteiger partial charge in [0.15, 0.2) is 5.65 Å². The molecule has 0 aromatic carbocycles. The number of ether oxygens (including phenoxy) is 1. The number of rotatable bonds is 7. The molecule has 21 heavy (non-hydrogen) atoms. The predicted octanol–water partition coefficient (Wildman–Crippen LogP) is 1.28. The fourth-order valence-electron chi connectivity index (χ4n) is 2.09. The van der Waals surface area contributed by atoms with Crippen molar-refractivity contribution in [2.45, 2.75) is 19.9 Å². The van der Waals surface area contributed by atoms with E-state index in [1.807, 2.05) is 17.6 Å². The van der Waals surface area contributed by atoms with Crippen LogP contribution in [0.1, 0.15) is 11.4 Å². The van der Waals surface area contributed by atoms with E-state index in [0.29, 0.717) is 31.1 Å². The van der Waals surface area contributed by atoms with Gasteiger partial charge in [-0.05, 0) is 18.6 Å². The minimum absolute atomic E-state index is 0.0930. The Morgan fingerprint density at radius 3 is 3.05 bits per heavy atom. The number of carbonyl (C=O) groups excluding carboxylic acids is 1. The number of carbonyl (C=O) groups is 1. The molecule has 0 atom stereocenters. The maximum Gasteiger partial charge on any atom is 0.240 e. The minimum atomic E-state index is -0.0930. The Kier molecular flexibility index (Phi) is 5.52. The fraction of sp³-hybridized carbons (Fsp3) is 0.500. The molecule has 0 aliphatic heterocycles. The van der Waals surface area contributed by atoms with E-state index < -0.39 is 0 Å². The molecule has 2 aromatic heterocycles. The van der Waals surface area contributed by atoms with Crippen molar-refractivity contribution in [3.8, 4) is 0 Å². The molecule has 0 aliphatic rings. The lowest BCUT2D eigenvalue weighted by Crippen LogP contribution is -2.31. The first-order chi connectivity index (χ1) is 10.2. The molecule has 6 nitrogen and oxygen atoms in total. The van der Waals surface area contributed by atoms with Gasteiger partial charge in [-0.3, -0.25) is 4.79 Å². The number of halogens is 1. The van der Waals surface area contributed by atoms with Crippen LogP contribution < -0.4 is 5.32 Å². The van der Waals surface area contributed by atoms with E-state index in [1.165, 1.54) is 0 Å². The lowest BCUT2D eigenvalue weighted by atomic mass is 10.3. The molecule has 2 heterocycles. The summed E-state index contributed by atoms with van der Waals surface area (Å²) in [5.74, 6) is 1.14. The third-order valence-electron chi connectivity index (χ3n) is 3.05. The summed E-state index contributed by atoms with van der Waals surface area (Å²) < 4.78 is 6.73. The van der Waals surface area contributed by atoms with E-state index in [0.717, 1.165) is 16.9 Å². The van der Waals surface area contributed by atoms with Gasteiger partial charge in [0.2, 0.25) is 5.91 Å². The maximum absolute atomic E-state index is 12.0. The highest BCUT2D eigenvalue weighted by molar-refractivity contribution is 6.17. The average molecular weight is 311 g/mol. The monoisotopic (exact) mass is 310 g/mol. The third-order valence-corrected chi connectivity index (χ3v) is 3.24. The van der Waals surface area contributed by atoms with E-state index in [-0.39, 0.29) is 12.5 Å². The topological polar surface area (TPSA) is 69.0 Å². The van der Waals surface area contributed by atoms with E-state index in [9.17, 15) is 4.79 Å². The van der Waals surface area contributed by atoms with Crippen molar-refractivity contribution >= 4 is 28.7 Å². The minimum Gasteiger partial charge on any atom is -0.383 e. The van der Waals surface area contributed by atoms with Gasteiger partial charge in [0.1, 0.15) is 17.9 Å². The molecule has 0 radical (unpaired) electrons. The fourth-order valence-corrected chi connectivity index (χ4v) is 2.26. The summed E-state index contributed by atoms with van der Waals surface area (Å²) in [4.78, 5) is 20.9. The van der Waals surface area contributed by atoms with Crippen LogP contribution in [0.3, 0.4) is 0 Å². The standard InChI is InChI=1S/C14H19ClN4O2/c1-10-7-11-14(17-8-10)19(12(18-11)3-4-15)9-13(20)16-5-6-21-2/h7-8H,3-6,9H2,1-2H3,(H,16,20). The summed E-state index contributed by atoms with van der Waals surface area (Å²) >= 11 is 5.81. The Balaban J connectivity index is 2.23. The summed E-state index contributed by atoms with van der Waals surface area (Å²) in [5.41, 5.74) is 2.54. The van der Waals surface area contributed by atoms with Crippen molar-refractivity contribution in [3.05, 3.63) is 23.7 Å². The van der Waals surface area contributed by atoms with Crippen LogP contribution in [0, 0.1) is 6.92 Å². The summed E-state index contributed by atoms with van der Waals surface area (Å²) in [6, 6.07) is 1.96. The van der Waals surface area contributed by atoms with Gasteiger partial charge in [0.25, 0.3) is 0 Å². The van der Waals surface area contributed by atoms with Crippen LogP contribution in [0.4, 0.5) is 0 Å². The Morgan fingerprint density at radius 1 is 1.52 bits per heavy atom. The highest BCUT2D eigenvalue weighted by Crippen LogP contribution is 2.16. The molecule has 0 fully saturated rings. The molecular weight excluding hydrogens is 292 g/mol. The molecule has 7 heteroatoms. The molecule has 0 saturated carbocycles. The number of aryl methyl sites for hydroxylation is 2. The Morgan fingerprint density at radius 2 is 2.33 bits per heavy atom. The van der Waals surface area contributed by atoms with Crippen molar-refractivity contribution in [3.63, 3.8) is 0 Å². The van der Waals surface area contributed by atoms with Crippen molar-refractivity contribution in [2.24, 2.45) is 0 Å². The summed E-state index contributed by atoms with van der Waals surface area (Å²) in [7, 11) is 1.60. The molecule has 0 bridgehead atoms. The normalized spacial score (nSPS) is 11.0. The summed E-state index contributed by atoms with van der Waals surface area (Å²) in [6.07, 6.45) is 2.37. The SMILES string of the molecule is COCCNC(=O)Cn1c(CCCl)nc2cc(C)cnc21. The van der Waals surface area contributed by atoms with Gasteiger partial charge >= 0.3 is 0 Å². The number of alkyl halides is 1. The first-order valence-electron chi connectivity index (χ1n) is 6.79. The Labute approximate surface area is 128 Å². The molecule has 0 unspecified atom stereocenters. The zero-order valence-electron chi connectivity index (χ0n) is 12.2. The average Bonchev–Trinajstić information content (AvgIpc) is 2.76. The van der Waals surface area contributed by atoms with Crippen molar-refractivity contribution in [1.82, 2.24) is 19.9 Å². The highest BCUT2D eigenvalue weighted by atomic mass is 35.5. The molecule has 0 spiro atoms. The Bertz CT molecular complexity index is 627. The summed E-state index contributed by atoms with van der Waals surface area (Å²) in [6.45, 7) is 3.12. The first kappa shape index (κ1) is 15.7. The van der Waals surface area contributed by atoms with Gasteiger partial charge in [-0.15, -0.1) is 11.6 Å². The van der Waals surface area contributed by atoms with E-state index >= 15 is 0 Å². The lowest BCUT2D eigenvalue weighted by molar-refractivity contribution is -0.121. The first-order valence-corrected chi connectivity index (χ1v) is 7.32. The predicted molar refractivity (Wildman–Crippen MR) is 81.6 cm³/mol. The molecule has 1 amide bonds. The number of imidazole rings is 1. The number of pyridine rings is 1. The molecule has 114 valence electrons. The second-order valence-corrected chi connectivity index (χ2v) is 5.13. The van der Waals surface area contributed by atoms with Gasteiger partial charge in [-0.2, -0.15) is 0 Å². The largest absolute Gasteiger partial charge is 0.383 e. The van der Waals surface area contributed by atoms with Crippen LogP contribution in [-0.2, 0) is 22.5 Å². The van der Waals surface area contributed by atoms with Crippen LogP contribution >= 0.6 is 11.6 Å². The van der Waals surface area contributed by atoms with Crippen molar-refractivity contribution < 1.29 is 9.53 Å². The van der Waals surface area contributed by atoms with Crippen molar-refractivity contribution in [1.29, 1.82) is 0 Å². The summed E-state index contributed by atoms with van der Waals surface area (Å²) in [5, 5.41) is 2.79. The van der Waals surface area contributed by atoms with Crippen LogP contribution in [0.15, 0.2) is 12.3 Å². The van der Waals surface area contributed by atoms with Crippen LogP contribution in [0.2, 0.25) is 0 Å². The maximum atomic E-state index is 12.0. The number of nitrogens with one attached hydrogen (secondary N) is 1. The molecule has 2 rings (SSSR count). The molecule has 1 N–H and O–H groups in total. The van der Waals surface area contributed by atoms with E-state index in [1.54, 1.807) is 13.3 Å². The number of methoxy groups -OCH3 is 1. The number of fused-ring (bicyclic) bond motifs is 1. The molecule has 0 aliphatic carbocycles. The van der Waals surface area contributed by atoms with E-state index in [2.05, 4.69) is 15.3 Å². The number of nitrogens with zero attached hydrogens (tertiary/aromatic N) is 3. The number of hydrogen-bond acceptors (Lipinski definition) is 4. The zero-order valence-corrected chi connectivity index (χ0v) is 13.0. The van der Waals surface area contributed by atoms with Gasteiger partial charge in [0, 0.05) is 32.2 Å². The van der Waals surface area contributed by atoms with Gasteiger partial charge in [-0.1, -0.05) is 0 Å². The Hall–Kier alpha value is -1.66. The molecule has 2 aromatic rings. The number of aromatic nitrogens is 3. The molecule has 0 saturated heterocycles. The third kappa shape index (κ3) is 3.92. The second kappa shape index (κ2) is 7.38. The quantitative estimate of drug-likeness (QED) is 0.618. The van der Waals surface area contributed by atoms with Crippen LogP contribution in [-0.4, -0.2) is 46.6 Å². The number of amides is 1. The smallest absolute Gasteiger partial charge is 0.240 e. The highest BCUT2D eigenvalue weighted by Gasteiger charge is 2.14. The van der Waals surface area contributed by atoms with Crippen molar-refractivity contribution in [2.75, 3.05) is 26.1 Å².